The van der Waals surface area contributed by atoms with Crippen molar-refractivity contribution in [3.05, 3.63) is 77.1 Å². The van der Waals surface area contributed by atoms with Crippen LogP contribution >= 0.6 is 0 Å². The smallest absolute Gasteiger partial charge is 0.267 e. The van der Waals surface area contributed by atoms with Crippen LogP contribution < -0.4 is 15.6 Å². The van der Waals surface area contributed by atoms with Gasteiger partial charge < -0.3 is 10.1 Å². The molecule has 1 amide bonds. The zero-order chi connectivity index (χ0) is 19.2. The molecule has 0 fully saturated rings. The number of hydrogen-bond acceptors (Lipinski definition) is 4. The summed E-state index contributed by atoms with van der Waals surface area (Å²) in [5, 5.41) is 7.26. The van der Waals surface area contributed by atoms with E-state index in [1.54, 1.807) is 37.4 Å². The van der Waals surface area contributed by atoms with Gasteiger partial charge in [-0.2, -0.15) is 5.10 Å². The fourth-order valence-electron chi connectivity index (χ4n) is 2.78. The van der Waals surface area contributed by atoms with Crippen LogP contribution in [0.15, 0.2) is 71.5 Å². The zero-order valence-electron chi connectivity index (χ0n) is 15.3. The Balaban J connectivity index is 1.87. The van der Waals surface area contributed by atoms with Crippen LogP contribution in [0.2, 0.25) is 0 Å². The predicted molar refractivity (Wildman–Crippen MR) is 105 cm³/mol. The lowest BCUT2D eigenvalue weighted by molar-refractivity contribution is -0.119. The van der Waals surface area contributed by atoms with Gasteiger partial charge in [0.15, 0.2) is 0 Å². The average Bonchev–Trinajstić information content (AvgIpc) is 2.71. The van der Waals surface area contributed by atoms with E-state index in [1.165, 1.54) is 10.7 Å². The van der Waals surface area contributed by atoms with E-state index in [2.05, 4.69) is 10.4 Å². The van der Waals surface area contributed by atoms with Gasteiger partial charge in [-0.15, -0.1) is 0 Å². The number of hydrogen-bond donors (Lipinski definition) is 1. The normalized spacial score (nSPS) is 11.6. The van der Waals surface area contributed by atoms with Crippen molar-refractivity contribution < 1.29 is 9.53 Å². The largest absolute Gasteiger partial charge is 0.497 e. The van der Waals surface area contributed by atoms with Crippen molar-refractivity contribution in [2.24, 2.45) is 0 Å². The van der Waals surface area contributed by atoms with E-state index in [0.717, 1.165) is 5.56 Å². The monoisotopic (exact) mass is 363 g/mol. The molecule has 0 radical (unpaired) electrons. The molecular formula is C21H21N3O3. The fourth-order valence-corrected chi connectivity index (χ4v) is 2.78. The van der Waals surface area contributed by atoms with Gasteiger partial charge in [0.2, 0.25) is 5.91 Å². The SMILES string of the molecule is CC[C@H](C(=O)Nc1ccc(OC)cc1)n1nc(-c2ccccc2)ccc1=O. The summed E-state index contributed by atoms with van der Waals surface area (Å²) < 4.78 is 6.37. The van der Waals surface area contributed by atoms with Gasteiger partial charge in [-0.1, -0.05) is 37.3 Å². The third kappa shape index (κ3) is 4.23. The number of ether oxygens (including phenoxy) is 1. The molecule has 1 N–H and O–H groups in total. The molecule has 3 rings (SSSR count). The number of amides is 1. The van der Waals surface area contributed by atoms with Crippen molar-refractivity contribution in [3.63, 3.8) is 0 Å². The molecule has 1 aromatic heterocycles. The second-order valence-corrected chi connectivity index (χ2v) is 6.01. The second-order valence-electron chi connectivity index (χ2n) is 6.01. The molecule has 3 aromatic rings. The molecule has 0 aliphatic carbocycles. The van der Waals surface area contributed by atoms with Crippen LogP contribution in [0.25, 0.3) is 11.3 Å². The lowest BCUT2D eigenvalue weighted by atomic mass is 10.1. The number of carbonyl (C=O) groups is 1. The Kier molecular flexibility index (Phi) is 5.66. The van der Waals surface area contributed by atoms with Crippen molar-refractivity contribution in [1.82, 2.24) is 9.78 Å². The second kappa shape index (κ2) is 8.31. The van der Waals surface area contributed by atoms with Gasteiger partial charge in [-0.3, -0.25) is 9.59 Å². The minimum Gasteiger partial charge on any atom is -0.497 e. The molecule has 6 heteroatoms. The number of methoxy groups -OCH3 is 1. The topological polar surface area (TPSA) is 73.2 Å². The molecular weight excluding hydrogens is 342 g/mol. The van der Waals surface area contributed by atoms with Gasteiger partial charge in [0.1, 0.15) is 11.8 Å². The Morgan fingerprint density at radius 1 is 1.07 bits per heavy atom. The molecule has 0 unspecified atom stereocenters. The summed E-state index contributed by atoms with van der Waals surface area (Å²) >= 11 is 0. The minimum absolute atomic E-state index is 0.289. The van der Waals surface area contributed by atoms with E-state index in [9.17, 15) is 9.59 Å². The Bertz CT molecular complexity index is 966. The van der Waals surface area contributed by atoms with Crippen molar-refractivity contribution in [1.29, 1.82) is 0 Å². The molecule has 138 valence electrons. The molecule has 27 heavy (non-hydrogen) atoms. The maximum atomic E-state index is 12.8. The number of carbonyl (C=O) groups excluding carboxylic acids is 1. The van der Waals surface area contributed by atoms with E-state index in [1.807, 2.05) is 37.3 Å². The quantitative estimate of drug-likeness (QED) is 0.727. The van der Waals surface area contributed by atoms with E-state index in [-0.39, 0.29) is 11.5 Å². The summed E-state index contributed by atoms with van der Waals surface area (Å²) in [7, 11) is 1.58. The summed E-state index contributed by atoms with van der Waals surface area (Å²) in [5.74, 6) is 0.413. The van der Waals surface area contributed by atoms with Gasteiger partial charge in [0, 0.05) is 17.3 Å². The molecule has 0 saturated carbocycles. The van der Waals surface area contributed by atoms with Gasteiger partial charge in [0.25, 0.3) is 5.56 Å². The van der Waals surface area contributed by atoms with Crippen molar-refractivity contribution in [2.75, 3.05) is 12.4 Å². The third-order valence-corrected chi connectivity index (χ3v) is 4.24. The van der Waals surface area contributed by atoms with Crippen molar-refractivity contribution in [3.8, 4) is 17.0 Å². The van der Waals surface area contributed by atoms with Crippen molar-refractivity contribution >= 4 is 11.6 Å². The molecule has 0 bridgehead atoms. The Morgan fingerprint density at radius 2 is 1.78 bits per heavy atom. The maximum Gasteiger partial charge on any atom is 0.267 e. The van der Waals surface area contributed by atoms with Gasteiger partial charge in [0.05, 0.1) is 12.8 Å². The number of nitrogens with zero attached hydrogens (tertiary/aromatic N) is 2. The fraction of sp³-hybridized carbons (Fsp3) is 0.190. The van der Waals surface area contributed by atoms with E-state index in [4.69, 9.17) is 4.74 Å². The Hall–Kier alpha value is -3.41. The average molecular weight is 363 g/mol. The van der Waals surface area contributed by atoms with Gasteiger partial charge >= 0.3 is 0 Å². The predicted octanol–water partition coefficient (Wildman–Crippen LogP) is 3.51. The summed E-state index contributed by atoms with van der Waals surface area (Å²) in [6, 6.07) is 19.0. The van der Waals surface area contributed by atoms with Gasteiger partial charge in [-0.05, 0) is 36.8 Å². The first-order valence-electron chi connectivity index (χ1n) is 8.72. The van der Waals surface area contributed by atoms with Crippen LogP contribution in [0.4, 0.5) is 5.69 Å². The molecule has 0 aliphatic rings. The highest BCUT2D eigenvalue weighted by atomic mass is 16.5. The third-order valence-electron chi connectivity index (χ3n) is 4.24. The molecule has 1 atom stereocenters. The number of benzene rings is 2. The zero-order valence-corrected chi connectivity index (χ0v) is 15.3. The summed E-state index contributed by atoms with van der Waals surface area (Å²) in [6.45, 7) is 1.85. The molecule has 1 heterocycles. The standard InChI is InChI=1S/C21H21N3O3/c1-3-19(21(26)22-16-9-11-17(27-2)12-10-16)24-20(25)14-13-18(23-24)15-7-5-4-6-8-15/h4-14,19H,3H2,1-2H3,(H,22,26)/t19-/m1/s1. The first-order chi connectivity index (χ1) is 13.1. The van der Waals surface area contributed by atoms with Crippen LogP contribution in [0.5, 0.6) is 5.75 Å². The molecule has 0 spiro atoms. The Labute approximate surface area is 157 Å². The first kappa shape index (κ1) is 18.4. The molecule has 6 nitrogen and oxygen atoms in total. The summed E-state index contributed by atoms with van der Waals surface area (Å²) in [4.78, 5) is 25.1. The number of nitrogens with one attached hydrogen (secondary N) is 1. The number of anilines is 1. The highest BCUT2D eigenvalue weighted by Crippen LogP contribution is 2.19. The summed E-state index contributed by atoms with van der Waals surface area (Å²) in [5.41, 5.74) is 1.85. The lowest BCUT2D eigenvalue weighted by Crippen LogP contribution is -2.34. The van der Waals surface area contributed by atoms with E-state index >= 15 is 0 Å². The van der Waals surface area contributed by atoms with Crippen LogP contribution in [0.1, 0.15) is 19.4 Å². The number of aromatic nitrogens is 2. The van der Waals surface area contributed by atoms with Crippen molar-refractivity contribution in [2.45, 2.75) is 19.4 Å². The highest BCUT2D eigenvalue weighted by Gasteiger charge is 2.21. The van der Waals surface area contributed by atoms with E-state index < -0.39 is 6.04 Å². The van der Waals surface area contributed by atoms with Crippen LogP contribution in [-0.4, -0.2) is 22.8 Å². The van der Waals surface area contributed by atoms with Gasteiger partial charge in [-0.25, -0.2) is 4.68 Å². The van der Waals surface area contributed by atoms with Crippen LogP contribution in [-0.2, 0) is 4.79 Å². The molecule has 2 aromatic carbocycles. The van der Waals surface area contributed by atoms with E-state index in [0.29, 0.717) is 23.6 Å². The highest BCUT2D eigenvalue weighted by molar-refractivity contribution is 5.93. The number of rotatable bonds is 6. The van der Waals surface area contributed by atoms with Crippen LogP contribution in [0.3, 0.4) is 0 Å². The van der Waals surface area contributed by atoms with Crippen LogP contribution in [0, 0.1) is 0 Å². The summed E-state index contributed by atoms with van der Waals surface area (Å²) in [6.07, 6.45) is 0.438. The molecule has 0 aliphatic heterocycles. The minimum atomic E-state index is -0.705. The lowest BCUT2D eigenvalue weighted by Gasteiger charge is -2.17. The Morgan fingerprint density at radius 3 is 2.41 bits per heavy atom. The first-order valence-corrected chi connectivity index (χ1v) is 8.72. The maximum absolute atomic E-state index is 12.8. The molecule has 0 saturated heterocycles.